The summed E-state index contributed by atoms with van der Waals surface area (Å²) in [5.41, 5.74) is 0.0928. The first-order valence-corrected chi connectivity index (χ1v) is 9.66. The number of primary sulfonamides is 1. The van der Waals surface area contributed by atoms with E-state index in [4.69, 9.17) is 39.9 Å². The molecule has 0 aromatic heterocycles. The number of phenols is 1. The van der Waals surface area contributed by atoms with E-state index in [0.29, 0.717) is 0 Å². The molecule has 0 aliphatic carbocycles. The van der Waals surface area contributed by atoms with Gasteiger partial charge in [0.05, 0.1) is 26.4 Å². The zero-order chi connectivity index (χ0) is 19.8. The van der Waals surface area contributed by atoms with Gasteiger partial charge >= 0.3 is 6.03 Å². The SMILES string of the molecule is Cc1c(Cl)c(O)cc(N(C)C(=O)Nc2cccc(Cl)c2Cl)c1S(N)(=O)=O. The number of halogens is 3. The lowest BCUT2D eigenvalue weighted by atomic mass is 10.2. The molecule has 2 aromatic rings. The molecule has 0 radical (unpaired) electrons. The number of carbonyl (C=O) groups is 1. The number of phenolic OH excluding ortho intramolecular Hbond substituents is 1. The van der Waals surface area contributed by atoms with Crippen molar-refractivity contribution >= 4 is 62.2 Å². The Morgan fingerprint density at radius 2 is 1.85 bits per heavy atom. The first-order valence-electron chi connectivity index (χ1n) is 6.98. The number of anilines is 2. The topological polar surface area (TPSA) is 113 Å². The Kier molecular flexibility index (Phi) is 5.94. The van der Waals surface area contributed by atoms with Gasteiger partial charge in [-0.05, 0) is 24.6 Å². The Balaban J connectivity index is 2.51. The van der Waals surface area contributed by atoms with Gasteiger partial charge < -0.3 is 10.4 Å². The molecule has 2 rings (SSSR count). The normalized spacial score (nSPS) is 11.3. The van der Waals surface area contributed by atoms with Crippen molar-refractivity contribution in [3.63, 3.8) is 0 Å². The molecule has 0 atom stereocenters. The van der Waals surface area contributed by atoms with Crippen molar-refractivity contribution in [1.82, 2.24) is 0 Å². The molecular formula is C15H14Cl3N3O4S. The first kappa shape index (κ1) is 20.6. The Hall–Kier alpha value is -1.71. The highest BCUT2D eigenvalue weighted by Gasteiger charge is 2.26. The second kappa shape index (κ2) is 7.50. The van der Waals surface area contributed by atoms with Crippen LogP contribution in [0.15, 0.2) is 29.2 Å². The van der Waals surface area contributed by atoms with Crippen molar-refractivity contribution in [2.75, 3.05) is 17.3 Å². The second-order valence-electron chi connectivity index (χ2n) is 5.32. The quantitative estimate of drug-likeness (QED) is 0.672. The predicted molar refractivity (Wildman–Crippen MR) is 103 cm³/mol. The van der Waals surface area contributed by atoms with Crippen molar-refractivity contribution < 1.29 is 18.3 Å². The Morgan fingerprint density at radius 1 is 1.23 bits per heavy atom. The van der Waals surface area contributed by atoms with E-state index in [2.05, 4.69) is 5.32 Å². The monoisotopic (exact) mass is 437 g/mol. The number of nitrogens with zero attached hydrogens (tertiary/aromatic N) is 1. The maximum absolute atomic E-state index is 12.5. The number of nitrogens with one attached hydrogen (secondary N) is 1. The highest BCUT2D eigenvalue weighted by Crippen LogP contribution is 2.38. The molecule has 0 aliphatic heterocycles. The summed E-state index contributed by atoms with van der Waals surface area (Å²) < 4.78 is 23.9. The Morgan fingerprint density at radius 3 is 2.42 bits per heavy atom. The largest absolute Gasteiger partial charge is 0.506 e. The van der Waals surface area contributed by atoms with E-state index < -0.39 is 21.8 Å². The van der Waals surface area contributed by atoms with Crippen LogP contribution in [0.25, 0.3) is 0 Å². The van der Waals surface area contributed by atoms with Crippen LogP contribution in [0.1, 0.15) is 5.56 Å². The fourth-order valence-corrected chi connectivity index (χ4v) is 3.83. The number of sulfonamides is 1. The van der Waals surface area contributed by atoms with Gasteiger partial charge in [0.25, 0.3) is 0 Å². The van der Waals surface area contributed by atoms with Crippen molar-refractivity contribution in [2.45, 2.75) is 11.8 Å². The lowest BCUT2D eigenvalue weighted by Crippen LogP contribution is -2.33. The number of hydrogen-bond donors (Lipinski definition) is 3. The molecule has 0 unspecified atom stereocenters. The number of carbonyl (C=O) groups excluding carboxylic acids is 1. The van der Waals surface area contributed by atoms with Crippen molar-refractivity contribution in [3.05, 3.63) is 44.9 Å². The zero-order valence-electron chi connectivity index (χ0n) is 13.5. The van der Waals surface area contributed by atoms with Gasteiger partial charge in [0.15, 0.2) is 0 Å². The number of rotatable bonds is 3. The lowest BCUT2D eigenvalue weighted by molar-refractivity contribution is 0.258. The van der Waals surface area contributed by atoms with Gasteiger partial charge in [-0.15, -0.1) is 0 Å². The van der Waals surface area contributed by atoms with Crippen molar-refractivity contribution in [3.8, 4) is 5.75 Å². The molecule has 2 amide bonds. The molecule has 0 saturated carbocycles. The minimum absolute atomic E-state index is 0.0182. The van der Waals surface area contributed by atoms with Crippen LogP contribution >= 0.6 is 34.8 Å². The average molecular weight is 439 g/mol. The number of benzene rings is 2. The van der Waals surface area contributed by atoms with Gasteiger partial charge in [-0.2, -0.15) is 0 Å². The number of aromatic hydroxyl groups is 1. The van der Waals surface area contributed by atoms with E-state index in [-0.39, 0.29) is 36.9 Å². The summed E-state index contributed by atoms with van der Waals surface area (Å²) in [7, 11) is -2.94. The number of amides is 2. The molecule has 11 heteroatoms. The molecular weight excluding hydrogens is 425 g/mol. The van der Waals surface area contributed by atoms with E-state index in [9.17, 15) is 18.3 Å². The average Bonchev–Trinajstić information content (AvgIpc) is 2.54. The van der Waals surface area contributed by atoms with Crippen LogP contribution in [0.2, 0.25) is 15.1 Å². The highest BCUT2D eigenvalue weighted by atomic mass is 35.5. The zero-order valence-corrected chi connectivity index (χ0v) is 16.6. The molecule has 0 fully saturated rings. The molecule has 0 saturated heterocycles. The molecule has 7 nitrogen and oxygen atoms in total. The summed E-state index contributed by atoms with van der Waals surface area (Å²) >= 11 is 17.8. The van der Waals surface area contributed by atoms with Crippen molar-refractivity contribution in [1.29, 1.82) is 0 Å². The van der Waals surface area contributed by atoms with Crippen LogP contribution in [0.5, 0.6) is 5.75 Å². The molecule has 26 heavy (non-hydrogen) atoms. The highest BCUT2D eigenvalue weighted by molar-refractivity contribution is 7.89. The van der Waals surface area contributed by atoms with Crippen LogP contribution in [-0.4, -0.2) is 26.6 Å². The van der Waals surface area contributed by atoms with Gasteiger partial charge in [0.1, 0.15) is 10.6 Å². The Labute approximate surface area is 165 Å². The summed E-state index contributed by atoms with van der Waals surface area (Å²) in [6.07, 6.45) is 0. The third-order valence-electron chi connectivity index (χ3n) is 3.54. The van der Waals surface area contributed by atoms with Crippen LogP contribution in [0, 0.1) is 6.92 Å². The summed E-state index contributed by atoms with van der Waals surface area (Å²) in [4.78, 5) is 13.1. The van der Waals surface area contributed by atoms with Gasteiger partial charge in [-0.25, -0.2) is 18.4 Å². The molecule has 0 spiro atoms. The molecule has 4 N–H and O–H groups in total. The van der Waals surface area contributed by atoms with Crippen LogP contribution in [0.4, 0.5) is 16.2 Å². The molecule has 0 bridgehead atoms. The molecule has 140 valence electrons. The van der Waals surface area contributed by atoms with Gasteiger partial charge in [0, 0.05) is 13.1 Å². The van der Waals surface area contributed by atoms with E-state index in [1.54, 1.807) is 12.1 Å². The third kappa shape index (κ3) is 3.99. The predicted octanol–water partition coefficient (Wildman–Crippen LogP) is 3.98. The van der Waals surface area contributed by atoms with E-state index in [0.717, 1.165) is 11.0 Å². The summed E-state index contributed by atoms with van der Waals surface area (Å²) in [5, 5.41) is 17.8. The second-order valence-corrected chi connectivity index (χ2v) is 7.98. The van der Waals surface area contributed by atoms with Crippen LogP contribution in [0.3, 0.4) is 0 Å². The maximum Gasteiger partial charge on any atom is 0.326 e. The summed E-state index contributed by atoms with van der Waals surface area (Å²) in [6, 6.07) is 4.94. The van der Waals surface area contributed by atoms with E-state index >= 15 is 0 Å². The summed E-state index contributed by atoms with van der Waals surface area (Å²) in [5.74, 6) is -0.396. The van der Waals surface area contributed by atoms with Gasteiger partial charge in [-0.1, -0.05) is 40.9 Å². The van der Waals surface area contributed by atoms with Gasteiger partial charge in [-0.3, -0.25) is 4.90 Å². The van der Waals surface area contributed by atoms with Crippen molar-refractivity contribution in [2.24, 2.45) is 5.14 Å². The fraction of sp³-hybridized carbons (Fsp3) is 0.133. The third-order valence-corrected chi connectivity index (χ3v) is 5.92. The van der Waals surface area contributed by atoms with Crippen LogP contribution < -0.4 is 15.4 Å². The molecule has 2 aromatic carbocycles. The standard InChI is InChI=1S/C15H14Cl3N3O4S/c1-7-12(17)11(22)6-10(14(7)26(19,24)25)21(2)15(23)20-9-5-3-4-8(16)13(9)18/h3-6,22H,1-2H3,(H,20,23)(H2,19,24,25). The van der Waals surface area contributed by atoms with Gasteiger partial charge in [0.2, 0.25) is 10.0 Å². The minimum Gasteiger partial charge on any atom is -0.506 e. The maximum atomic E-state index is 12.5. The smallest absolute Gasteiger partial charge is 0.326 e. The molecule has 0 heterocycles. The Bertz CT molecular complexity index is 996. The molecule has 0 aliphatic rings. The van der Waals surface area contributed by atoms with E-state index in [1.165, 1.54) is 20.0 Å². The lowest BCUT2D eigenvalue weighted by Gasteiger charge is -2.23. The minimum atomic E-state index is -4.23. The van der Waals surface area contributed by atoms with Crippen LogP contribution in [-0.2, 0) is 10.0 Å². The summed E-state index contributed by atoms with van der Waals surface area (Å²) in [6.45, 7) is 1.37. The fourth-order valence-electron chi connectivity index (χ4n) is 2.26. The number of nitrogens with two attached hydrogens (primary N) is 1. The van der Waals surface area contributed by atoms with E-state index in [1.807, 2.05) is 0 Å². The number of urea groups is 1. The first-order chi connectivity index (χ1) is 11.9. The number of hydrogen-bond acceptors (Lipinski definition) is 4.